The van der Waals surface area contributed by atoms with Crippen molar-refractivity contribution in [3.8, 4) is 0 Å². The number of carboxylic acid groups (broad SMARTS) is 1. The second kappa shape index (κ2) is 11.4. The van der Waals surface area contributed by atoms with Crippen LogP contribution in [-0.2, 0) is 4.79 Å². The van der Waals surface area contributed by atoms with Gasteiger partial charge in [0, 0.05) is 35.8 Å². The third kappa shape index (κ3) is 5.53. The van der Waals surface area contributed by atoms with Crippen LogP contribution in [0.4, 0.5) is 0 Å². The molecule has 2 aliphatic heterocycles. The number of carbonyl (C=O) groups is 2. The summed E-state index contributed by atoms with van der Waals surface area (Å²) < 4.78 is 0. The lowest BCUT2D eigenvalue weighted by molar-refractivity contribution is -0.146. The van der Waals surface area contributed by atoms with Gasteiger partial charge in [0.25, 0.3) is 5.91 Å². The molecule has 2 saturated heterocycles. The average molecular weight is 556 g/mol. The SMILES string of the molecule is N=C(NC(=O)c1ccc(Cl)c(Cl)c1)N1CCC(C(C(=O)O)N2CCC(c3c[nH]c4ccccc34)CC2)CC1. The van der Waals surface area contributed by atoms with Crippen molar-refractivity contribution in [2.24, 2.45) is 5.92 Å². The molecule has 200 valence electrons. The van der Waals surface area contributed by atoms with Crippen LogP contribution in [0.5, 0.6) is 0 Å². The van der Waals surface area contributed by atoms with Gasteiger partial charge in [-0.15, -0.1) is 0 Å². The molecule has 38 heavy (non-hydrogen) atoms. The lowest BCUT2D eigenvalue weighted by Gasteiger charge is -2.42. The lowest BCUT2D eigenvalue weighted by atomic mass is 9.84. The van der Waals surface area contributed by atoms with Crippen LogP contribution in [0, 0.1) is 11.3 Å². The van der Waals surface area contributed by atoms with Gasteiger partial charge < -0.3 is 15.0 Å². The van der Waals surface area contributed by atoms with Crippen molar-refractivity contribution >= 4 is 51.9 Å². The van der Waals surface area contributed by atoms with E-state index >= 15 is 0 Å². The number of aromatic amines is 1. The van der Waals surface area contributed by atoms with Crippen molar-refractivity contribution in [3.05, 3.63) is 69.8 Å². The van der Waals surface area contributed by atoms with Crippen LogP contribution < -0.4 is 5.32 Å². The van der Waals surface area contributed by atoms with Crippen molar-refractivity contribution in [1.82, 2.24) is 20.1 Å². The largest absolute Gasteiger partial charge is 0.480 e. The fraction of sp³-hybridized carbons (Fsp3) is 0.393. The number of benzene rings is 2. The molecule has 1 unspecified atom stereocenters. The van der Waals surface area contributed by atoms with E-state index in [4.69, 9.17) is 28.6 Å². The highest BCUT2D eigenvalue weighted by Crippen LogP contribution is 2.35. The number of H-pyrrole nitrogens is 1. The molecule has 10 heteroatoms. The van der Waals surface area contributed by atoms with Gasteiger partial charge in [-0.2, -0.15) is 0 Å². The number of likely N-dealkylation sites (tertiary alicyclic amines) is 2. The zero-order chi connectivity index (χ0) is 26.8. The van der Waals surface area contributed by atoms with E-state index in [9.17, 15) is 14.7 Å². The van der Waals surface area contributed by atoms with Crippen molar-refractivity contribution in [3.63, 3.8) is 0 Å². The molecule has 3 aromatic rings. The number of fused-ring (bicyclic) bond motifs is 1. The number of carbonyl (C=O) groups excluding carboxylic acids is 1. The Labute approximate surface area is 231 Å². The first-order valence-electron chi connectivity index (χ1n) is 12.9. The number of para-hydroxylation sites is 1. The summed E-state index contributed by atoms with van der Waals surface area (Å²) in [4.78, 5) is 32.2. The smallest absolute Gasteiger partial charge is 0.321 e. The van der Waals surface area contributed by atoms with Gasteiger partial charge in [-0.25, -0.2) is 0 Å². The number of nitrogens with zero attached hydrogens (tertiary/aromatic N) is 2. The van der Waals surface area contributed by atoms with Gasteiger partial charge >= 0.3 is 5.97 Å². The predicted molar refractivity (Wildman–Crippen MR) is 149 cm³/mol. The molecule has 2 aromatic carbocycles. The zero-order valence-electron chi connectivity index (χ0n) is 20.9. The van der Waals surface area contributed by atoms with E-state index < -0.39 is 17.9 Å². The molecule has 4 N–H and O–H groups in total. The molecule has 1 atom stereocenters. The van der Waals surface area contributed by atoms with Crippen LogP contribution in [-0.4, -0.2) is 69.9 Å². The predicted octanol–water partition coefficient (Wildman–Crippen LogP) is 5.18. The molecule has 1 aromatic heterocycles. The summed E-state index contributed by atoms with van der Waals surface area (Å²) in [6.45, 7) is 2.52. The second-order valence-corrected chi connectivity index (χ2v) is 11.0. The first kappa shape index (κ1) is 26.5. The topological polar surface area (TPSA) is 113 Å². The Bertz CT molecular complexity index is 1340. The van der Waals surface area contributed by atoms with E-state index in [0.717, 1.165) is 31.4 Å². The molecular weight excluding hydrogens is 525 g/mol. The highest BCUT2D eigenvalue weighted by molar-refractivity contribution is 6.42. The number of carboxylic acids is 1. The third-order valence-electron chi connectivity index (χ3n) is 7.95. The number of hydrogen-bond donors (Lipinski definition) is 4. The van der Waals surface area contributed by atoms with Gasteiger partial charge in [-0.3, -0.25) is 25.2 Å². The second-order valence-electron chi connectivity index (χ2n) is 10.1. The van der Waals surface area contributed by atoms with Crippen molar-refractivity contribution in [2.75, 3.05) is 26.2 Å². The van der Waals surface area contributed by atoms with Crippen LogP contribution in [0.2, 0.25) is 10.0 Å². The molecule has 2 aliphatic rings. The van der Waals surface area contributed by atoms with E-state index in [1.54, 1.807) is 17.0 Å². The number of guanidine groups is 1. The zero-order valence-corrected chi connectivity index (χ0v) is 22.4. The van der Waals surface area contributed by atoms with Crippen molar-refractivity contribution in [2.45, 2.75) is 37.6 Å². The highest BCUT2D eigenvalue weighted by atomic mass is 35.5. The summed E-state index contributed by atoms with van der Waals surface area (Å²) in [6, 6.07) is 12.3. The third-order valence-corrected chi connectivity index (χ3v) is 8.69. The Hall–Kier alpha value is -3.07. The van der Waals surface area contributed by atoms with Crippen LogP contribution >= 0.6 is 23.2 Å². The molecule has 0 bridgehead atoms. The first-order valence-corrected chi connectivity index (χ1v) is 13.7. The van der Waals surface area contributed by atoms with E-state index in [-0.39, 0.29) is 16.9 Å². The maximum Gasteiger partial charge on any atom is 0.321 e. The standard InChI is InChI=1S/C28H31Cl2N5O3/c29-22-6-5-19(15-23(22)30)26(36)33-28(31)35-13-9-18(10-14-35)25(27(37)38)34-11-7-17(8-12-34)21-16-32-24-4-2-1-3-20(21)24/h1-6,15-18,25,32H,7-14H2,(H,37,38)(H2,31,33,36). The van der Waals surface area contributed by atoms with Crippen molar-refractivity contribution in [1.29, 1.82) is 5.41 Å². The van der Waals surface area contributed by atoms with Crippen LogP contribution in [0.1, 0.15) is 47.5 Å². The quantitative estimate of drug-likeness (QED) is 0.256. The fourth-order valence-corrected chi connectivity index (χ4v) is 6.21. The molecule has 5 rings (SSSR count). The van der Waals surface area contributed by atoms with Gasteiger partial charge in [0.05, 0.1) is 10.0 Å². The Balaban J connectivity index is 1.15. The summed E-state index contributed by atoms with van der Waals surface area (Å²) in [5, 5.41) is 23.0. The van der Waals surface area contributed by atoms with Gasteiger partial charge in [-0.1, -0.05) is 41.4 Å². The normalized spacial score (nSPS) is 18.4. The molecule has 1 amide bonds. The van der Waals surface area contributed by atoms with Crippen LogP contribution in [0.25, 0.3) is 10.9 Å². The molecule has 3 heterocycles. The molecular formula is C28H31Cl2N5O3. The monoisotopic (exact) mass is 555 g/mol. The number of nitrogens with one attached hydrogen (secondary N) is 3. The van der Waals surface area contributed by atoms with Gasteiger partial charge in [0.2, 0.25) is 0 Å². The minimum atomic E-state index is -0.781. The van der Waals surface area contributed by atoms with Gasteiger partial charge in [0.1, 0.15) is 6.04 Å². The maximum atomic E-state index is 12.5. The number of aromatic nitrogens is 1. The molecule has 0 saturated carbocycles. The van der Waals surface area contributed by atoms with Crippen LogP contribution in [0.3, 0.4) is 0 Å². The van der Waals surface area contributed by atoms with E-state index in [1.165, 1.54) is 17.0 Å². The molecule has 0 spiro atoms. The minimum Gasteiger partial charge on any atom is -0.480 e. The summed E-state index contributed by atoms with van der Waals surface area (Å²) in [7, 11) is 0. The van der Waals surface area contributed by atoms with Crippen LogP contribution in [0.15, 0.2) is 48.7 Å². The van der Waals surface area contributed by atoms with E-state index in [2.05, 4.69) is 39.6 Å². The Morgan fingerprint density at radius 2 is 1.71 bits per heavy atom. The lowest BCUT2D eigenvalue weighted by Crippen LogP contribution is -2.53. The Kier molecular flexibility index (Phi) is 7.93. The highest BCUT2D eigenvalue weighted by Gasteiger charge is 2.38. The molecule has 0 radical (unpaired) electrons. The summed E-state index contributed by atoms with van der Waals surface area (Å²) in [6.07, 6.45) is 5.24. The first-order chi connectivity index (χ1) is 18.3. The van der Waals surface area contributed by atoms with Gasteiger partial charge in [0.15, 0.2) is 5.96 Å². The summed E-state index contributed by atoms with van der Waals surface area (Å²) >= 11 is 11.9. The van der Waals surface area contributed by atoms with E-state index in [1.807, 2.05) is 6.07 Å². The number of hydrogen-bond acceptors (Lipinski definition) is 4. The fourth-order valence-electron chi connectivity index (χ4n) is 5.91. The average Bonchev–Trinajstić information content (AvgIpc) is 3.35. The number of halogens is 2. The number of aliphatic carboxylic acids is 1. The number of rotatable bonds is 5. The maximum absolute atomic E-state index is 12.5. The van der Waals surface area contributed by atoms with Crippen molar-refractivity contribution < 1.29 is 14.7 Å². The minimum absolute atomic E-state index is 0.00550. The van der Waals surface area contributed by atoms with Gasteiger partial charge in [-0.05, 0) is 80.4 Å². The number of amides is 1. The summed E-state index contributed by atoms with van der Waals surface area (Å²) in [5.74, 6) is -0.801. The number of piperidine rings is 2. The summed E-state index contributed by atoms with van der Waals surface area (Å²) in [5.41, 5.74) is 2.78. The Morgan fingerprint density at radius 3 is 2.39 bits per heavy atom. The van der Waals surface area contributed by atoms with E-state index in [0.29, 0.717) is 42.4 Å². The molecule has 0 aliphatic carbocycles. The molecule has 8 nitrogen and oxygen atoms in total. The molecule has 2 fully saturated rings. The Morgan fingerprint density at radius 1 is 1.00 bits per heavy atom.